The van der Waals surface area contributed by atoms with Gasteiger partial charge in [0.05, 0.1) is 21.8 Å². The van der Waals surface area contributed by atoms with E-state index >= 15 is 0 Å². The third-order valence-electron chi connectivity index (χ3n) is 3.12. The first kappa shape index (κ1) is 19.8. The van der Waals surface area contributed by atoms with Crippen molar-refractivity contribution >= 4 is 41.1 Å². The molecule has 0 radical (unpaired) electrons. The molecule has 0 bridgehead atoms. The maximum absolute atomic E-state index is 13.4. The second-order valence-electron chi connectivity index (χ2n) is 5.04. The minimum atomic E-state index is -0.751. The normalized spacial score (nSPS) is 10.4. The molecule has 27 heavy (non-hydrogen) atoms. The van der Waals surface area contributed by atoms with Crippen molar-refractivity contribution in [1.82, 2.24) is 10.7 Å². The summed E-state index contributed by atoms with van der Waals surface area (Å²) in [7, 11) is 0. The third kappa shape index (κ3) is 6.04. The van der Waals surface area contributed by atoms with Crippen LogP contribution in [-0.4, -0.2) is 29.6 Å². The monoisotopic (exact) mass is 393 g/mol. The molecule has 3 amide bonds. The maximum Gasteiger partial charge on any atom is 0.319 e. The van der Waals surface area contributed by atoms with Gasteiger partial charge in [0, 0.05) is 17.7 Å². The van der Waals surface area contributed by atoms with Gasteiger partial charge >= 0.3 is 6.03 Å². The fourth-order valence-electron chi connectivity index (χ4n) is 1.84. The van der Waals surface area contributed by atoms with E-state index in [-0.39, 0.29) is 22.0 Å². The van der Waals surface area contributed by atoms with Gasteiger partial charge < -0.3 is 10.6 Å². The first-order valence-electron chi connectivity index (χ1n) is 7.42. The highest BCUT2D eigenvalue weighted by atomic mass is 35.5. The summed E-state index contributed by atoms with van der Waals surface area (Å²) in [5.41, 5.74) is 2.23. The van der Waals surface area contributed by atoms with E-state index in [1.165, 1.54) is 30.3 Å². The highest BCUT2D eigenvalue weighted by Crippen LogP contribution is 2.26. The van der Waals surface area contributed by atoms with Crippen molar-refractivity contribution < 1.29 is 18.9 Å². The molecular formula is C16H13ClFN5O4. The van der Waals surface area contributed by atoms with Gasteiger partial charge in [-0.25, -0.2) is 14.6 Å². The van der Waals surface area contributed by atoms with Crippen LogP contribution in [0.5, 0.6) is 0 Å². The Labute approximate surface area is 157 Å². The number of nitro groups is 1. The molecule has 0 unspecified atom stereocenters. The quantitative estimate of drug-likeness (QED) is 0.396. The van der Waals surface area contributed by atoms with Gasteiger partial charge in [-0.1, -0.05) is 29.8 Å². The summed E-state index contributed by atoms with van der Waals surface area (Å²) < 4.78 is 13.4. The first-order chi connectivity index (χ1) is 12.9. The van der Waals surface area contributed by atoms with Gasteiger partial charge in [-0.05, 0) is 12.1 Å². The summed E-state index contributed by atoms with van der Waals surface area (Å²) in [4.78, 5) is 33.4. The van der Waals surface area contributed by atoms with Crippen LogP contribution in [0.1, 0.15) is 5.56 Å². The smallest absolute Gasteiger partial charge is 0.319 e. The second-order valence-corrected chi connectivity index (χ2v) is 5.45. The molecule has 0 heterocycles. The minimum Gasteiger partial charge on any atom is -0.329 e. The predicted molar refractivity (Wildman–Crippen MR) is 97.3 cm³/mol. The number of non-ortho nitro benzene ring substituents is 1. The van der Waals surface area contributed by atoms with Crippen LogP contribution in [0.25, 0.3) is 0 Å². The lowest BCUT2D eigenvalue weighted by molar-refractivity contribution is -0.384. The van der Waals surface area contributed by atoms with Crippen LogP contribution < -0.4 is 16.1 Å². The Bertz CT molecular complexity index is 906. The zero-order valence-electron chi connectivity index (χ0n) is 13.6. The number of rotatable bonds is 6. The van der Waals surface area contributed by atoms with E-state index < -0.39 is 29.2 Å². The lowest BCUT2D eigenvalue weighted by Gasteiger charge is -2.08. The van der Waals surface area contributed by atoms with E-state index in [1.54, 1.807) is 6.07 Å². The van der Waals surface area contributed by atoms with Gasteiger partial charge in [0.2, 0.25) is 0 Å². The molecule has 0 atom stereocenters. The van der Waals surface area contributed by atoms with E-state index in [9.17, 15) is 24.1 Å². The number of urea groups is 1. The number of carbonyl (C=O) groups excluding carboxylic acids is 2. The Morgan fingerprint density at radius 3 is 2.67 bits per heavy atom. The molecule has 9 nitrogen and oxygen atoms in total. The zero-order chi connectivity index (χ0) is 19.8. The van der Waals surface area contributed by atoms with Crippen LogP contribution in [0.15, 0.2) is 47.6 Å². The highest BCUT2D eigenvalue weighted by molar-refractivity contribution is 6.33. The van der Waals surface area contributed by atoms with Crippen LogP contribution in [0, 0.1) is 15.9 Å². The Balaban J connectivity index is 1.80. The van der Waals surface area contributed by atoms with Crippen LogP contribution in [0.2, 0.25) is 5.02 Å². The summed E-state index contributed by atoms with van der Waals surface area (Å²) in [6.07, 6.45) is 1.13. The topological polar surface area (TPSA) is 126 Å². The number of amides is 3. The molecule has 2 aromatic rings. The Morgan fingerprint density at radius 1 is 1.26 bits per heavy atom. The molecule has 0 fully saturated rings. The van der Waals surface area contributed by atoms with E-state index in [1.807, 2.05) is 0 Å². The Morgan fingerprint density at radius 2 is 2.00 bits per heavy atom. The number of nitrogens with one attached hydrogen (secondary N) is 3. The number of hydrogen-bond donors (Lipinski definition) is 3. The molecule has 0 aliphatic rings. The van der Waals surface area contributed by atoms with Gasteiger partial charge in [-0.2, -0.15) is 5.10 Å². The van der Waals surface area contributed by atoms with Gasteiger partial charge in [-0.15, -0.1) is 0 Å². The largest absolute Gasteiger partial charge is 0.329 e. The predicted octanol–water partition coefficient (Wildman–Crippen LogP) is 2.66. The van der Waals surface area contributed by atoms with Crippen molar-refractivity contribution in [2.45, 2.75) is 0 Å². The number of nitro benzene ring substituents is 1. The molecule has 3 N–H and O–H groups in total. The Kier molecular flexibility index (Phi) is 6.78. The summed E-state index contributed by atoms with van der Waals surface area (Å²) >= 11 is 5.84. The van der Waals surface area contributed by atoms with Crippen molar-refractivity contribution in [1.29, 1.82) is 0 Å². The molecule has 0 saturated heterocycles. The van der Waals surface area contributed by atoms with Crippen LogP contribution in [-0.2, 0) is 4.79 Å². The van der Waals surface area contributed by atoms with Crippen LogP contribution in [0.3, 0.4) is 0 Å². The van der Waals surface area contributed by atoms with Gasteiger partial charge in [-0.3, -0.25) is 14.9 Å². The van der Waals surface area contributed by atoms with Gasteiger partial charge in [0.15, 0.2) is 0 Å². The number of anilines is 1. The fourth-order valence-corrected chi connectivity index (χ4v) is 2.06. The minimum absolute atomic E-state index is 0.0294. The second kappa shape index (κ2) is 9.25. The number of carbonyl (C=O) groups is 2. The van der Waals surface area contributed by atoms with E-state index in [0.717, 1.165) is 12.3 Å². The standard InChI is InChI=1S/C16H13ClFN5O4/c17-12-7-11(23(26)27)5-6-14(12)21-16(25)19-9-15(24)22-20-8-10-3-1-2-4-13(10)18/h1-8H,9H2,(H,22,24)(H2,19,21,25). The van der Waals surface area contributed by atoms with Gasteiger partial charge in [0.1, 0.15) is 12.4 Å². The lowest BCUT2D eigenvalue weighted by atomic mass is 10.2. The molecule has 0 spiro atoms. The van der Waals surface area contributed by atoms with Crippen molar-refractivity contribution in [3.05, 3.63) is 69.0 Å². The molecule has 11 heteroatoms. The van der Waals surface area contributed by atoms with Crippen LogP contribution >= 0.6 is 11.6 Å². The molecule has 0 aliphatic heterocycles. The zero-order valence-corrected chi connectivity index (χ0v) is 14.4. The molecule has 2 aromatic carbocycles. The fraction of sp³-hybridized carbons (Fsp3) is 0.0625. The third-order valence-corrected chi connectivity index (χ3v) is 3.43. The number of halogens is 2. The first-order valence-corrected chi connectivity index (χ1v) is 7.80. The number of nitrogens with zero attached hydrogens (tertiary/aromatic N) is 2. The van der Waals surface area contributed by atoms with E-state index in [4.69, 9.17) is 11.6 Å². The summed E-state index contributed by atoms with van der Waals surface area (Å²) in [5, 5.41) is 18.8. The SMILES string of the molecule is O=C(CNC(=O)Nc1ccc([N+](=O)[O-])cc1Cl)NN=Cc1ccccc1F. The average molecular weight is 394 g/mol. The summed E-state index contributed by atoms with van der Waals surface area (Å²) in [6, 6.07) is 8.63. The van der Waals surface area contributed by atoms with Gasteiger partial charge in [0.25, 0.3) is 11.6 Å². The lowest BCUT2D eigenvalue weighted by Crippen LogP contribution is -2.37. The number of benzene rings is 2. The van der Waals surface area contributed by atoms with E-state index in [0.29, 0.717) is 0 Å². The summed E-state index contributed by atoms with van der Waals surface area (Å²) in [5.74, 6) is -1.14. The average Bonchev–Trinajstić information content (AvgIpc) is 2.63. The van der Waals surface area contributed by atoms with Crippen molar-refractivity contribution in [2.24, 2.45) is 5.10 Å². The van der Waals surface area contributed by atoms with Crippen molar-refractivity contribution in [3.8, 4) is 0 Å². The summed E-state index contributed by atoms with van der Waals surface area (Å²) in [6.45, 7) is -0.412. The highest BCUT2D eigenvalue weighted by Gasteiger charge is 2.12. The molecule has 0 saturated carbocycles. The molecule has 0 aromatic heterocycles. The van der Waals surface area contributed by atoms with Crippen molar-refractivity contribution in [2.75, 3.05) is 11.9 Å². The van der Waals surface area contributed by atoms with E-state index in [2.05, 4.69) is 21.2 Å². The molecular weight excluding hydrogens is 381 g/mol. The maximum atomic E-state index is 13.4. The number of hydrogen-bond acceptors (Lipinski definition) is 5. The molecule has 2 rings (SSSR count). The van der Waals surface area contributed by atoms with Crippen molar-refractivity contribution in [3.63, 3.8) is 0 Å². The Hall–Kier alpha value is -3.53. The molecule has 140 valence electrons. The number of hydrazone groups is 1. The molecule has 0 aliphatic carbocycles. The van der Waals surface area contributed by atoms with Crippen LogP contribution in [0.4, 0.5) is 20.6 Å².